The summed E-state index contributed by atoms with van der Waals surface area (Å²) in [6.45, 7) is 8.49. The third-order valence-electron chi connectivity index (χ3n) is 3.89. The van der Waals surface area contributed by atoms with E-state index in [0.29, 0.717) is 12.2 Å². The van der Waals surface area contributed by atoms with E-state index >= 15 is 0 Å². The van der Waals surface area contributed by atoms with Crippen molar-refractivity contribution in [3.8, 4) is 0 Å². The van der Waals surface area contributed by atoms with Crippen LogP contribution in [0.15, 0.2) is 24.5 Å². The van der Waals surface area contributed by atoms with Crippen molar-refractivity contribution in [2.45, 2.75) is 45.7 Å². The summed E-state index contributed by atoms with van der Waals surface area (Å²) in [4.78, 5) is 15.5. The maximum absolute atomic E-state index is 13.7. The van der Waals surface area contributed by atoms with Gasteiger partial charge in [0.1, 0.15) is 11.6 Å². The summed E-state index contributed by atoms with van der Waals surface area (Å²) in [7, 11) is 0. The molecule has 3 rings (SSSR count). The van der Waals surface area contributed by atoms with Crippen LogP contribution >= 0.6 is 0 Å². The van der Waals surface area contributed by atoms with Crippen LogP contribution in [-0.2, 0) is 24.9 Å². The lowest BCUT2D eigenvalue weighted by Crippen LogP contribution is -2.32. The molecule has 5 heteroatoms. The second-order valence-corrected chi connectivity index (χ2v) is 6.81. The van der Waals surface area contributed by atoms with E-state index < -0.39 is 0 Å². The minimum absolute atomic E-state index is 0.0384. The highest BCUT2D eigenvalue weighted by molar-refractivity contribution is 5.22. The molecule has 22 heavy (non-hydrogen) atoms. The third kappa shape index (κ3) is 3.14. The number of hydrogen-bond acceptors (Lipinski definition) is 4. The molecule has 0 aliphatic carbocycles. The summed E-state index contributed by atoms with van der Waals surface area (Å²) in [6.07, 6.45) is 4.42. The van der Waals surface area contributed by atoms with Crippen LogP contribution in [-0.4, -0.2) is 26.4 Å². The van der Waals surface area contributed by atoms with Crippen molar-refractivity contribution in [1.82, 2.24) is 19.9 Å². The lowest BCUT2D eigenvalue weighted by atomic mass is 9.95. The Labute approximate surface area is 130 Å². The van der Waals surface area contributed by atoms with E-state index in [2.05, 4.69) is 35.6 Å². The van der Waals surface area contributed by atoms with Gasteiger partial charge in [-0.05, 0) is 12.1 Å². The molecule has 0 atom stereocenters. The molecule has 3 heterocycles. The highest BCUT2D eigenvalue weighted by atomic mass is 19.1. The Morgan fingerprint density at radius 3 is 2.82 bits per heavy atom. The summed E-state index contributed by atoms with van der Waals surface area (Å²) in [6, 6.07) is 3.07. The Morgan fingerprint density at radius 2 is 2.09 bits per heavy atom. The Hall–Kier alpha value is -1.88. The van der Waals surface area contributed by atoms with E-state index in [1.165, 1.54) is 6.07 Å². The van der Waals surface area contributed by atoms with Crippen molar-refractivity contribution in [3.63, 3.8) is 0 Å². The van der Waals surface area contributed by atoms with E-state index in [1.54, 1.807) is 12.3 Å². The van der Waals surface area contributed by atoms with Crippen LogP contribution in [0.2, 0.25) is 0 Å². The molecule has 0 saturated carbocycles. The van der Waals surface area contributed by atoms with Gasteiger partial charge in [-0.1, -0.05) is 20.8 Å². The normalized spacial score (nSPS) is 15.6. The van der Waals surface area contributed by atoms with Crippen LogP contribution in [0.25, 0.3) is 0 Å². The van der Waals surface area contributed by atoms with Crippen molar-refractivity contribution in [2.75, 3.05) is 6.54 Å². The average molecular weight is 300 g/mol. The summed E-state index contributed by atoms with van der Waals surface area (Å²) < 4.78 is 13.7. The van der Waals surface area contributed by atoms with Crippen molar-refractivity contribution in [3.05, 3.63) is 53.1 Å². The van der Waals surface area contributed by atoms with Crippen LogP contribution in [0.4, 0.5) is 4.39 Å². The number of aromatic nitrogens is 3. The zero-order valence-corrected chi connectivity index (χ0v) is 13.3. The fourth-order valence-corrected chi connectivity index (χ4v) is 2.62. The summed E-state index contributed by atoms with van der Waals surface area (Å²) >= 11 is 0. The van der Waals surface area contributed by atoms with Crippen LogP contribution in [0.3, 0.4) is 0 Å². The topological polar surface area (TPSA) is 41.9 Å². The van der Waals surface area contributed by atoms with E-state index in [0.717, 1.165) is 36.6 Å². The summed E-state index contributed by atoms with van der Waals surface area (Å²) in [5, 5.41) is 0. The molecule has 0 N–H and O–H groups in total. The van der Waals surface area contributed by atoms with E-state index in [9.17, 15) is 4.39 Å². The lowest BCUT2D eigenvalue weighted by molar-refractivity contribution is 0.235. The maximum Gasteiger partial charge on any atom is 0.146 e. The first-order valence-electron chi connectivity index (χ1n) is 7.60. The number of nitrogens with zero attached hydrogens (tertiary/aromatic N) is 4. The van der Waals surface area contributed by atoms with E-state index in [-0.39, 0.29) is 11.2 Å². The predicted octanol–water partition coefficient (Wildman–Crippen LogP) is 2.87. The molecule has 0 bridgehead atoms. The van der Waals surface area contributed by atoms with Gasteiger partial charge in [-0.25, -0.2) is 14.4 Å². The van der Waals surface area contributed by atoms with Crippen LogP contribution in [0.5, 0.6) is 0 Å². The Bertz CT molecular complexity index is 679. The third-order valence-corrected chi connectivity index (χ3v) is 3.89. The van der Waals surface area contributed by atoms with Gasteiger partial charge in [0.05, 0.1) is 5.69 Å². The largest absolute Gasteiger partial charge is 0.293 e. The second kappa shape index (κ2) is 5.72. The molecule has 0 unspecified atom stereocenters. The van der Waals surface area contributed by atoms with Gasteiger partial charge in [0.2, 0.25) is 0 Å². The molecule has 0 amide bonds. The molecule has 1 aliphatic rings. The van der Waals surface area contributed by atoms with Gasteiger partial charge < -0.3 is 0 Å². The molecule has 0 aromatic carbocycles. The quantitative estimate of drug-likeness (QED) is 0.855. The molecule has 0 fully saturated rings. The van der Waals surface area contributed by atoms with Crippen LogP contribution < -0.4 is 0 Å². The Balaban J connectivity index is 1.76. The first-order chi connectivity index (χ1) is 10.4. The van der Waals surface area contributed by atoms with Gasteiger partial charge in [0, 0.05) is 55.1 Å². The molecule has 0 saturated heterocycles. The molecule has 0 radical (unpaired) electrons. The standard InChI is InChI=1S/C17H21FN4/c1-17(2,3)16-20-9-12-10-22(8-6-14(12)21-16)11-15-13(18)5-4-7-19-15/h4-5,7,9H,6,8,10-11H2,1-3H3. The van der Waals surface area contributed by atoms with Crippen molar-refractivity contribution < 1.29 is 4.39 Å². The zero-order valence-electron chi connectivity index (χ0n) is 13.3. The molecular weight excluding hydrogens is 279 g/mol. The Morgan fingerprint density at radius 1 is 1.27 bits per heavy atom. The molecule has 1 aliphatic heterocycles. The summed E-state index contributed by atoms with van der Waals surface area (Å²) in [5.41, 5.74) is 2.72. The van der Waals surface area contributed by atoms with Crippen molar-refractivity contribution in [1.29, 1.82) is 0 Å². The minimum atomic E-state index is -0.243. The van der Waals surface area contributed by atoms with Crippen LogP contribution in [0, 0.1) is 5.82 Å². The van der Waals surface area contributed by atoms with Crippen LogP contribution in [0.1, 0.15) is 43.5 Å². The number of fused-ring (bicyclic) bond motifs is 1. The molecule has 0 spiro atoms. The fraction of sp³-hybridized carbons (Fsp3) is 0.471. The van der Waals surface area contributed by atoms with Crippen molar-refractivity contribution in [2.24, 2.45) is 0 Å². The number of halogens is 1. The lowest BCUT2D eigenvalue weighted by Gasteiger charge is -2.28. The second-order valence-electron chi connectivity index (χ2n) is 6.81. The van der Waals surface area contributed by atoms with Gasteiger partial charge >= 0.3 is 0 Å². The first kappa shape index (κ1) is 15.0. The number of pyridine rings is 1. The van der Waals surface area contributed by atoms with Gasteiger partial charge in [-0.2, -0.15) is 0 Å². The smallest absolute Gasteiger partial charge is 0.146 e. The van der Waals surface area contributed by atoms with Gasteiger partial charge in [0.25, 0.3) is 0 Å². The average Bonchev–Trinajstić information content (AvgIpc) is 2.48. The maximum atomic E-state index is 13.7. The van der Waals surface area contributed by atoms with Gasteiger partial charge in [0.15, 0.2) is 0 Å². The predicted molar refractivity (Wildman–Crippen MR) is 82.7 cm³/mol. The highest BCUT2D eigenvalue weighted by Crippen LogP contribution is 2.23. The monoisotopic (exact) mass is 300 g/mol. The molecule has 2 aromatic rings. The minimum Gasteiger partial charge on any atom is -0.293 e. The zero-order chi connectivity index (χ0) is 15.7. The van der Waals surface area contributed by atoms with Gasteiger partial charge in [-0.15, -0.1) is 0 Å². The molecule has 4 nitrogen and oxygen atoms in total. The molecular formula is C17H21FN4. The molecule has 116 valence electrons. The van der Waals surface area contributed by atoms with Gasteiger partial charge in [-0.3, -0.25) is 9.88 Å². The van der Waals surface area contributed by atoms with E-state index in [1.807, 2.05) is 6.20 Å². The summed E-state index contributed by atoms with van der Waals surface area (Å²) in [5.74, 6) is 0.642. The molecule has 2 aromatic heterocycles. The highest BCUT2D eigenvalue weighted by Gasteiger charge is 2.23. The number of rotatable bonds is 2. The number of hydrogen-bond donors (Lipinski definition) is 0. The fourth-order valence-electron chi connectivity index (χ4n) is 2.62. The SMILES string of the molecule is CC(C)(C)c1ncc2c(n1)CCN(Cc1ncccc1F)C2. The van der Waals surface area contributed by atoms with E-state index in [4.69, 9.17) is 4.98 Å². The van der Waals surface area contributed by atoms with Crippen molar-refractivity contribution >= 4 is 0 Å². The first-order valence-corrected chi connectivity index (χ1v) is 7.60. The Kier molecular flexibility index (Phi) is 3.91.